The van der Waals surface area contributed by atoms with Crippen LogP contribution in [0.2, 0.25) is 0 Å². The fraction of sp³-hybridized carbons (Fsp3) is 0.0169. The van der Waals surface area contributed by atoms with E-state index in [1.165, 1.54) is 66.7 Å². The van der Waals surface area contributed by atoms with E-state index in [-0.39, 0.29) is 0 Å². The average molecular weight is 797 g/mol. The fourth-order valence-electron chi connectivity index (χ4n) is 11.4. The van der Waals surface area contributed by atoms with Gasteiger partial charge in [-0.3, -0.25) is 0 Å². The summed E-state index contributed by atoms with van der Waals surface area (Å²) in [5.74, 6) is 0. The van der Waals surface area contributed by atoms with Gasteiger partial charge in [0.1, 0.15) is 0 Å². The number of rotatable bonds is 2. The van der Waals surface area contributed by atoms with Gasteiger partial charge in [0.15, 0.2) is 0 Å². The van der Waals surface area contributed by atoms with Gasteiger partial charge in [0.25, 0.3) is 0 Å². The molecular weight excluding hydrogens is 766 g/mol. The van der Waals surface area contributed by atoms with Gasteiger partial charge in [-0.15, -0.1) is 0 Å². The fourth-order valence-corrected chi connectivity index (χ4v) is 11.4. The van der Waals surface area contributed by atoms with E-state index in [0.29, 0.717) is 10.9 Å². The van der Waals surface area contributed by atoms with Gasteiger partial charge in [0, 0.05) is 0 Å². The molecule has 0 bridgehead atoms. The van der Waals surface area contributed by atoms with Crippen LogP contribution in [0.4, 0.5) is 13.2 Å². The van der Waals surface area contributed by atoms with Crippen molar-refractivity contribution in [3.8, 4) is 66.8 Å². The molecule has 2 aliphatic rings. The van der Waals surface area contributed by atoms with Crippen molar-refractivity contribution in [1.29, 1.82) is 0 Å². The van der Waals surface area contributed by atoms with Crippen LogP contribution >= 0.6 is 0 Å². The number of hydrogen-bond donors (Lipinski definition) is 0. The molecule has 0 nitrogen and oxygen atoms in total. The molecule has 0 N–H and O–H groups in total. The van der Waals surface area contributed by atoms with Gasteiger partial charge < -0.3 is 0 Å². The number of benzene rings is 12. The van der Waals surface area contributed by atoms with Gasteiger partial charge in [-0.1, -0.05) is 152 Å². The molecule has 62 heavy (non-hydrogen) atoms. The van der Waals surface area contributed by atoms with E-state index in [2.05, 4.69) is 127 Å². The Balaban J connectivity index is 1.17. The molecule has 0 saturated heterocycles. The summed E-state index contributed by atoms with van der Waals surface area (Å²) in [4.78, 5) is 0. The molecule has 0 heterocycles. The van der Waals surface area contributed by atoms with Gasteiger partial charge in [-0.2, -0.15) is 13.2 Å². The summed E-state index contributed by atoms with van der Waals surface area (Å²) in [6.07, 6.45) is -4.53. The lowest BCUT2D eigenvalue weighted by atomic mass is 9.80. The van der Waals surface area contributed by atoms with E-state index in [1.807, 2.05) is 48.5 Å². The first-order valence-electron chi connectivity index (χ1n) is 21.1. The summed E-state index contributed by atoms with van der Waals surface area (Å²) < 4.78 is 45.1. The monoisotopic (exact) mass is 796 g/mol. The lowest BCUT2D eigenvalue weighted by Crippen LogP contribution is -2.05. The van der Waals surface area contributed by atoms with E-state index < -0.39 is 11.7 Å². The SMILES string of the molecule is FC(F)(F)c1cc2c3c(cc4ccccc4c3c1)-c1c-2c(-c2ccccc2)c2ccc3c4cc5c(cc4ccc3c2c1-c1ccccc1)-c1cccc2c1c-5cc1ccccc12. The maximum Gasteiger partial charge on any atom is 0.416 e. The zero-order chi connectivity index (χ0) is 41.0. The molecule has 14 rings (SSSR count). The van der Waals surface area contributed by atoms with E-state index in [0.717, 1.165) is 76.6 Å². The second kappa shape index (κ2) is 12.0. The zero-order valence-electron chi connectivity index (χ0n) is 33.0. The van der Waals surface area contributed by atoms with Crippen LogP contribution in [0.5, 0.6) is 0 Å². The highest BCUT2D eigenvalue weighted by Gasteiger charge is 2.37. The Hall–Kier alpha value is -7.75. The van der Waals surface area contributed by atoms with E-state index in [1.54, 1.807) is 0 Å². The smallest absolute Gasteiger partial charge is 0.166 e. The van der Waals surface area contributed by atoms with Gasteiger partial charge in [-0.25, -0.2) is 0 Å². The van der Waals surface area contributed by atoms with Crippen molar-refractivity contribution < 1.29 is 13.2 Å². The minimum atomic E-state index is -4.53. The zero-order valence-corrected chi connectivity index (χ0v) is 33.0. The van der Waals surface area contributed by atoms with E-state index in [9.17, 15) is 0 Å². The molecule has 0 atom stereocenters. The minimum Gasteiger partial charge on any atom is -0.166 e. The van der Waals surface area contributed by atoms with Gasteiger partial charge >= 0.3 is 6.18 Å². The molecule has 0 amide bonds. The Morgan fingerprint density at radius 3 is 1.52 bits per heavy atom. The third kappa shape index (κ3) is 4.42. The van der Waals surface area contributed by atoms with Gasteiger partial charge in [0.05, 0.1) is 5.56 Å². The highest BCUT2D eigenvalue weighted by molar-refractivity contribution is 6.35. The lowest BCUT2D eigenvalue weighted by Gasteiger charge is -2.22. The number of alkyl halides is 3. The van der Waals surface area contributed by atoms with Crippen molar-refractivity contribution in [1.82, 2.24) is 0 Å². The van der Waals surface area contributed by atoms with Crippen LogP contribution in [-0.4, -0.2) is 0 Å². The molecule has 12 aromatic carbocycles. The highest BCUT2D eigenvalue weighted by Crippen LogP contribution is 2.61. The van der Waals surface area contributed by atoms with Crippen molar-refractivity contribution in [2.24, 2.45) is 0 Å². The van der Waals surface area contributed by atoms with Gasteiger partial charge in [-0.05, 0) is 179 Å². The van der Waals surface area contributed by atoms with Crippen molar-refractivity contribution >= 4 is 75.4 Å². The quantitative estimate of drug-likeness (QED) is 0.153. The summed E-state index contributed by atoms with van der Waals surface area (Å²) in [6, 6.07) is 65.0. The molecular formula is C59H31F3. The van der Waals surface area contributed by atoms with Crippen LogP contribution in [0.3, 0.4) is 0 Å². The normalized spacial score (nSPS) is 12.8. The maximum absolute atomic E-state index is 15.0. The molecule has 3 heteroatoms. The predicted octanol–water partition coefficient (Wildman–Crippen LogP) is 17.4. The largest absolute Gasteiger partial charge is 0.416 e. The molecule has 0 aromatic heterocycles. The topological polar surface area (TPSA) is 0 Å². The molecule has 0 saturated carbocycles. The molecule has 0 unspecified atom stereocenters. The summed E-state index contributed by atoms with van der Waals surface area (Å²) >= 11 is 0. The van der Waals surface area contributed by atoms with Crippen LogP contribution in [0, 0.1) is 0 Å². The van der Waals surface area contributed by atoms with Crippen LogP contribution < -0.4 is 0 Å². The average Bonchev–Trinajstić information content (AvgIpc) is 3.80. The summed E-state index contributed by atoms with van der Waals surface area (Å²) in [5, 5.41) is 15.0. The second-order valence-electron chi connectivity index (χ2n) is 17.0. The molecule has 288 valence electrons. The maximum atomic E-state index is 15.0. The number of hydrogen-bond acceptors (Lipinski definition) is 0. The summed E-state index contributed by atoms with van der Waals surface area (Å²) in [7, 11) is 0. The Bertz CT molecular complexity index is 3990. The standard InChI is InChI=1S/C59H31F3/c60-59(61,62)37-29-49-39-19-10-8-17-35(39)28-50-55(49)51(30-37)57-52(32-12-3-1-4-13-32)44-25-24-40-43(56(44)53(58(50)57)33-14-5-2-6-15-33)23-22-36-26-46-42-21-11-20-41-38-18-9-7-16-34(38)27-48(54(41)42)47(46)31-45(36)40/h1-31H. The Morgan fingerprint density at radius 1 is 0.258 bits per heavy atom. The van der Waals surface area contributed by atoms with Crippen molar-refractivity contribution in [3.05, 3.63) is 194 Å². The Kier molecular flexibility index (Phi) is 6.56. The number of halogens is 3. The summed E-state index contributed by atoms with van der Waals surface area (Å²) in [6.45, 7) is 0. The first-order valence-corrected chi connectivity index (χ1v) is 21.1. The summed E-state index contributed by atoms with van der Waals surface area (Å²) in [5.41, 5.74) is 11.7. The molecule has 0 radical (unpaired) electrons. The molecule has 0 aliphatic heterocycles. The molecule has 0 fully saturated rings. The van der Waals surface area contributed by atoms with Crippen LogP contribution in [0.15, 0.2) is 188 Å². The van der Waals surface area contributed by atoms with E-state index >= 15 is 13.2 Å². The first-order chi connectivity index (χ1) is 30.4. The lowest BCUT2D eigenvalue weighted by molar-refractivity contribution is -0.137. The van der Waals surface area contributed by atoms with E-state index in [4.69, 9.17) is 0 Å². The van der Waals surface area contributed by atoms with Crippen molar-refractivity contribution in [2.45, 2.75) is 6.18 Å². The third-order valence-corrected chi connectivity index (χ3v) is 13.8. The predicted molar refractivity (Wildman–Crippen MR) is 254 cm³/mol. The second-order valence-corrected chi connectivity index (χ2v) is 17.0. The third-order valence-electron chi connectivity index (χ3n) is 13.8. The van der Waals surface area contributed by atoms with Crippen molar-refractivity contribution in [2.75, 3.05) is 0 Å². The molecule has 12 aromatic rings. The van der Waals surface area contributed by atoms with Gasteiger partial charge in [0.2, 0.25) is 0 Å². The van der Waals surface area contributed by atoms with Crippen LogP contribution in [0.25, 0.3) is 142 Å². The number of fused-ring (bicyclic) bond motifs is 15. The highest BCUT2D eigenvalue weighted by atomic mass is 19.4. The first kappa shape index (κ1) is 34.0. The minimum absolute atomic E-state index is 0.620. The molecule has 0 spiro atoms. The van der Waals surface area contributed by atoms with Crippen molar-refractivity contribution in [3.63, 3.8) is 0 Å². The van der Waals surface area contributed by atoms with Crippen LogP contribution in [0.1, 0.15) is 5.56 Å². The van der Waals surface area contributed by atoms with Crippen LogP contribution in [-0.2, 0) is 6.18 Å². The molecule has 2 aliphatic carbocycles. The Labute approximate surface area is 353 Å². The Morgan fingerprint density at radius 2 is 0.774 bits per heavy atom.